The topological polar surface area (TPSA) is 121 Å². The zero-order chi connectivity index (χ0) is 21.7. The summed E-state index contributed by atoms with van der Waals surface area (Å²) in [5.74, 6) is -1.75. The Labute approximate surface area is 176 Å². The molecule has 2 aromatic carbocycles. The molecule has 0 aliphatic carbocycles. The molecule has 1 amide bonds. The van der Waals surface area contributed by atoms with E-state index in [2.05, 4.69) is 15.3 Å². The number of benzene rings is 2. The minimum atomic E-state index is -1.15. The fraction of sp³-hybridized carbons (Fsp3) is 0.143. The smallest absolute Gasteiger partial charge is 0.338 e. The quantitative estimate of drug-likeness (QED) is 0.490. The fourth-order valence-electron chi connectivity index (χ4n) is 2.67. The molecule has 0 saturated heterocycles. The van der Waals surface area contributed by atoms with Gasteiger partial charge in [-0.2, -0.15) is 0 Å². The van der Waals surface area contributed by atoms with Crippen LogP contribution in [0.1, 0.15) is 34.1 Å². The number of hydrogen-bond acceptors (Lipinski definition) is 5. The van der Waals surface area contributed by atoms with Gasteiger partial charge in [0.15, 0.2) is 6.10 Å². The molecule has 1 unspecified atom stereocenters. The number of amides is 1. The number of rotatable bonds is 7. The van der Waals surface area contributed by atoms with E-state index in [1.807, 2.05) is 0 Å². The molecule has 30 heavy (non-hydrogen) atoms. The van der Waals surface area contributed by atoms with Gasteiger partial charge in [0.25, 0.3) is 5.91 Å². The summed E-state index contributed by atoms with van der Waals surface area (Å²) in [7, 11) is 0. The number of aromatic carboxylic acids is 1. The van der Waals surface area contributed by atoms with Gasteiger partial charge in [0, 0.05) is 18.0 Å². The van der Waals surface area contributed by atoms with Crippen molar-refractivity contribution in [2.24, 2.45) is 0 Å². The molecule has 3 N–H and O–H groups in total. The van der Waals surface area contributed by atoms with Gasteiger partial charge in [-0.3, -0.25) is 4.79 Å². The highest BCUT2D eigenvalue weighted by Crippen LogP contribution is 2.24. The standard InChI is InChI=1S/C21H18ClN3O5/c1-2-17(19(26)25-16-11-14(20(27)28)7-8-15(16)22)30-21(29)13-5-3-12(4-6-13)18-23-9-10-24-18/h3-11,17H,2H2,1H3,(H,23,24)(H,25,26)(H,27,28). The molecule has 8 nitrogen and oxygen atoms in total. The first-order valence-corrected chi connectivity index (χ1v) is 9.41. The van der Waals surface area contributed by atoms with Crippen molar-refractivity contribution >= 4 is 35.1 Å². The van der Waals surface area contributed by atoms with Crippen molar-refractivity contribution in [2.45, 2.75) is 19.4 Å². The molecule has 3 aromatic rings. The van der Waals surface area contributed by atoms with E-state index >= 15 is 0 Å². The number of H-pyrrole nitrogens is 1. The fourth-order valence-corrected chi connectivity index (χ4v) is 2.84. The highest BCUT2D eigenvalue weighted by molar-refractivity contribution is 6.34. The Morgan fingerprint density at radius 2 is 1.87 bits per heavy atom. The summed E-state index contributed by atoms with van der Waals surface area (Å²) < 4.78 is 5.33. The number of carbonyl (C=O) groups excluding carboxylic acids is 2. The summed E-state index contributed by atoms with van der Waals surface area (Å²) in [5, 5.41) is 11.8. The number of carbonyl (C=O) groups is 3. The molecule has 0 aliphatic rings. The molecule has 1 aromatic heterocycles. The minimum Gasteiger partial charge on any atom is -0.478 e. The van der Waals surface area contributed by atoms with Gasteiger partial charge >= 0.3 is 11.9 Å². The molecule has 0 radical (unpaired) electrons. The number of ether oxygens (including phenoxy) is 1. The first-order valence-electron chi connectivity index (χ1n) is 9.03. The summed E-state index contributed by atoms with van der Waals surface area (Å²) in [6.45, 7) is 1.69. The van der Waals surface area contributed by atoms with E-state index in [4.69, 9.17) is 21.4 Å². The van der Waals surface area contributed by atoms with E-state index in [0.29, 0.717) is 5.82 Å². The van der Waals surface area contributed by atoms with Crippen LogP contribution in [0.2, 0.25) is 5.02 Å². The molecule has 1 heterocycles. The number of nitrogens with zero attached hydrogens (tertiary/aromatic N) is 1. The van der Waals surface area contributed by atoms with E-state index < -0.39 is 23.9 Å². The molecular formula is C21H18ClN3O5. The van der Waals surface area contributed by atoms with Crippen molar-refractivity contribution in [2.75, 3.05) is 5.32 Å². The minimum absolute atomic E-state index is 0.0311. The van der Waals surface area contributed by atoms with E-state index in [9.17, 15) is 14.4 Å². The first-order chi connectivity index (χ1) is 14.4. The number of esters is 1. The van der Waals surface area contributed by atoms with Gasteiger partial charge < -0.3 is 20.1 Å². The van der Waals surface area contributed by atoms with Crippen LogP contribution in [0, 0.1) is 0 Å². The predicted octanol–water partition coefficient (Wildman–Crippen LogP) is 4.00. The number of nitrogens with one attached hydrogen (secondary N) is 2. The summed E-state index contributed by atoms with van der Waals surface area (Å²) in [6.07, 6.45) is 2.46. The Kier molecular flexibility index (Phi) is 6.48. The first kappa shape index (κ1) is 21.1. The van der Waals surface area contributed by atoms with Crippen LogP contribution in [0.3, 0.4) is 0 Å². The van der Waals surface area contributed by atoms with Gasteiger partial charge in [0.2, 0.25) is 0 Å². The third kappa shape index (κ3) is 4.84. The van der Waals surface area contributed by atoms with Crippen LogP contribution in [0.25, 0.3) is 11.4 Å². The van der Waals surface area contributed by atoms with Crippen LogP contribution in [0.5, 0.6) is 0 Å². The van der Waals surface area contributed by atoms with Crippen molar-refractivity contribution in [3.63, 3.8) is 0 Å². The Morgan fingerprint density at radius 3 is 2.47 bits per heavy atom. The maximum atomic E-state index is 12.5. The molecule has 0 bridgehead atoms. The molecule has 0 spiro atoms. The second-order valence-corrected chi connectivity index (χ2v) is 6.71. The average Bonchev–Trinajstić information content (AvgIpc) is 3.28. The number of hydrogen-bond donors (Lipinski definition) is 3. The lowest BCUT2D eigenvalue weighted by Crippen LogP contribution is -2.32. The summed E-state index contributed by atoms with van der Waals surface area (Å²) in [5.41, 5.74) is 1.17. The van der Waals surface area contributed by atoms with Crippen LogP contribution >= 0.6 is 11.6 Å². The molecule has 9 heteroatoms. The SMILES string of the molecule is CCC(OC(=O)c1ccc(-c2ncc[nH]2)cc1)C(=O)Nc1cc(C(=O)O)ccc1Cl. The maximum absolute atomic E-state index is 12.5. The molecule has 3 rings (SSSR count). The van der Waals surface area contributed by atoms with Crippen LogP contribution in [0.4, 0.5) is 5.69 Å². The van der Waals surface area contributed by atoms with Gasteiger partial charge in [-0.25, -0.2) is 14.6 Å². The highest BCUT2D eigenvalue weighted by atomic mass is 35.5. The number of aromatic nitrogens is 2. The van der Waals surface area contributed by atoms with Gasteiger partial charge in [-0.05, 0) is 36.8 Å². The van der Waals surface area contributed by atoms with Gasteiger partial charge in [-0.15, -0.1) is 0 Å². The highest BCUT2D eigenvalue weighted by Gasteiger charge is 2.23. The Hall–Kier alpha value is -3.65. The number of halogens is 1. The lowest BCUT2D eigenvalue weighted by atomic mass is 10.1. The van der Waals surface area contributed by atoms with Crippen LogP contribution in [0.15, 0.2) is 54.9 Å². The lowest BCUT2D eigenvalue weighted by molar-refractivity contribution is -0.124. The largest absolute Gasteiger partial charge is 0.478 e. The van der Waals surface area contributed by atoms with E-state index in [1.165, 1.54) is 18.2 Å². The molecule has 0 aliphatic heterocycles. The van der Waals surface area contributed by atoms with Crippen LogP contribution in [-0.2, 0) is 9.53 Å². The number of anilines is 1. The Morgan fingerprint density at radius 1 is 1.17 bits per heavy atom. The van der Waals surface area contributed by atoms with Crippen molar-refractivity contribution in [3.8, 4) is 11.4 Å². The van der Waals surface area contributed by atoms with Gasteiger partial charge in [0.1, 0.15) is 5.82 Å². The van der Waals surface area contributed by atoms with Crippen molar-refractivity contribution < 1.29 is 24.2 Å². The second kappa shape index (κ2) is 9.23. The number of imidazole rings is 1. The van der Waals surface area contributed by atoms with Gasteiger partial charge in [-0.1, -0.05) is 30.7 Å². The predicted molar refractivity (Wildman–Crippen MR) is 111 cm³/mol. The van der Waals surface area contributed by atoms with Crippen LogP contribution in [-0.4, -0.2) is 39.0 Å². The van der Waals surface area contributed by atoms with Crippen molar-refractivity contribution in [1.82, 2.24) is 9.97 Å². The number of carboxylic acid groups (broad SMARTS) is 1. The van der Waals surface area contributed by atoms with Crippen molar-refractivity contribution in [3.05, 3.63) is 71.0 Å². The monoisotopic (exact) mass is 427 g/mol. The van der Waals surface area contributed by atoms with E-state index in [-0.39, 0.29) is 28.3 Å². The zero-order valence-corrected chi connectivity index (χ0v) is 16.6. The number of carboxylic acids is 1. The number of aromatic amines is 1. The van der Waals surface area contributed by atoms with E-state index in [0.717, 1.165) is 5.56 Å². The van der Waals surface area contributed by atoms with Gasteiger partial charge in [0.05, 0.1) is 21.8 Å². The molecule has 154 valence electrons. The van der Waals surface area contributed by atoms with Crippen LogP contribution < -0.4 is 5.32 Å². The van der Waals surface area contributed by atoms with Crippen molar-refractivity contribution in [1.29, 1.82) is 0 Å². The zero-order valence-electron chi connectivity index (χ0n) is 15.9. The maximum Gasteiger partial charge on any atom is 0.338 e. The second-order valence-electron chi connectivity index (χ2n) is 6.31. The molecule has 0 fully saturated rings. The third-order valence-corrected chi connectivity index (χ3v) is 4.61. The average molecular weight is 428 g/mol. The molecule has 0 saturated carbocycles. The third-order valence-electron chi connectivity index (χ3n) is 4.28. The summed E-state index contributed by atoms with van der Waals surface area (Å²) in [6, 6.07) is 10.5. The lowest BCUT2D eigenvalue weighted by Gasteiger charge is -2.17. The Balaban J connectivity index is 1.68. The Bertz CT molecular complexity index is 1060. The molecular weight excluding hydrogens is 410 g/mol. The summed E-state index contributed by atoms with van der Waals surface area (Å²) in [4.78, 5) is 43.2. The summed E-state index contributed by atoms with van der Waals surface area (Å²) >= 11 is 6.03. The normalized spacial score (nSPS) is 11.5. The molecule has 1 atom stereocenters. The van der Waals surface area contributed by atoms with E-state index in [1.54, 1.807) is 43.6 Å².